The van der Waals surface area contributed by atoms with Crippen LogP contribution in [-0.4, -0.2) is 50.1 Å². The SMILES string of the molecule is O=C(CSc1nnnn1C1CC1)NCC1(CO)CC1. The van der Waals surface area contributed by atoms with Crippen molar-refractivity contribution < 1.29 is 9.90 Å². The molecule has 0 aliphatic heterocycles. The lowest BCUT2D eigenvalue weighted by atomic mass is 10.1. The molecule has 0 saturated heterocycles. The summed E-state index contributed by atoms with van der Waals surface area (Å²) >= 11 is 1.36. The molecule has 8 heteroatoms. The van der Waals surface area contributed by atoms with Gasteiger partial charge in [-0.05, 0) is 36.1 Å². The number of carbonyl (C=O) groups is 1. The summed E-state index contributed by atoms with van der Waals surface area (Å²) in [6.45, 7) is 0.719. The van der Waals surface area contributed by atoms with Crippen LogP contribution in [0.3, 0.4) is 0 Å². The Morgan fingerprint density at radius 3 is 2.95 bits per heavy atom. The van der Waals surface area contributed by atoms with Gasteiger partial charge in [0.2, 0.25) is 11.1 Å². The van der Waals surface area contributed by atoms with Gasteiger partial charge < -0.3 is 10.4 Å². The Morgan fingerprint density at radius 1 is 1.53 bits per heavy atom. The van der Waals surface area contributed by atoms with Crippen LogP contribution in [-0.2, 0) is 4.79 Å². The average molecular weight is 283 g/mol. The van der Waals surface area contributed by atoms with E-state index in [1.807, 2.05) is 0 Å². The van der Waals surface area contributed by atoms with Gasteiger partial charge in [0.05, 0.1) is 18.4 Å². The van der Waals surface area contributed by atoms with Gasteiger partial charge in [-0.25, -0.2) is 4.68 Å². The number of aliphatic hydroxyl groups excluding tert-OH is 1. The van der Waals surface area contributed by atoms with Crippen molar-refractivity contribution in [2.75, 3.05) is 18.9 Å². The first-order chi connectivity index (χ1) is 9.22. The number of thioether (sulfide) groups is 1. The van der Waals surface area contributed by atoms with E-state index in [0.29, 0.717) is 23.5 Å². The molecule has 0 aromatic carbocycles. The zero-order valence-electron chi connectivity index (χ0n) is 10.6. The summed E-state index contributed by atoms with van der Waals surface area (Å²) in [5, 5.41) is 24.3. The van der Waals surface area contributed by atoms with Gasteiger partial charge in [-0.1, -0.05) is 11.8 Å². The molecule has 1 aromatic rings. The molecule has 0 atom stereocenters. The molecule has 1 amide bonds. The standard InChI is InChI=1S/C11H17N5O2S/c17-7-11(3-4-11)6-12-9(18)5-19-10-13-14-15-16(10)8-1-2-8/h8,17H,1-7H2,(H,12,18). The lowest BCUT2D eigenvalue weighted by Crippen LogP contribution is -2.33. The Hall–Kier alpha value is -1.15. The molecule has 0 radical (unpaired) electrons. The second-order valence-electron chi connectivity index (χ2n) is 5.36. The quantitative estimate of drug-likeness (QED) is 0.684. The number of amides is 1. The molecule has 19 heavy (non-hydrogen) atoms. The number of rotatable bonds is 7. The van der Waals surface area contributed by atoms with Gasteiger partial charge >= 0.3 is 0 Å². The summed E-state index contributed by atoms with van der Waals surface area (Å²) in [5.41, 5.74) is -0.0457. The van der Waals surface area contributed by atoms with Gasteiger partial charge in [0.15, 0.2) is 0 Å². The average Bonchev–Trinajstić information content (AvgIpc) is 3.34. The number of hydrogen-bond acceptors (Lipinski definition) is 6. The van der Waals surface area contributed by atoms with Gasteiger partial charge in [-0.2, -0.15) is 0 Å². The normalized spacial score (nSPS) is 20.3. The van der Waals surface area contributed by atoms with Crippen molar-refractivity contribution in [3.63, 3.8) is 0 Å². The maximum absolute atomic E-state index is 11.7. The van der Waals surface area contributed by atoms with Gasteiger partial charge in [-0.3, -0.25) is 4.79 Å². The maximum Gasteiger partial charge on any atom is 0.230 e. The summed E-state index contributed by atoms with van der Waals surface area (Å²) in [4.78, 5) is 11.7. The van der Waals surface area contributed by atoms with E-state index in [2.05, 4.69) is 20.8 Å². The van der Waals surface area contributed by atoms with Gasteiger partial charge in [0.25, 0.3) is 0 Å². The Kier molecular flexibility index (Phi) is 3.44. The van der Waals surface area contributed by atoms with Crippen LogP contribution in [0.4, 0.5) is 0 Å². The van der Waals surface area contributed by atoms with Crippen LogP contribution in [0.2, 0.25) is 0 Å². The fourth-order valence-electron chi connectivity index (χ4n) is 1.86. The highest BCUT2D eigenvalue weighted by Crippen LogP contribution is 2.44. The van der Waals surface area contributed by atoms with Crippen molar-refractivity contribution in [3.8, 4) is 0 Å². The fraction of sp³-hybridized carbons (Fsp3) is 0.818. The number of carbonyl (C=O) groups excluding carboxylic acids is 1. The number of tetrazole rings is 1. The summed E-state index contributed by atoms with van der Waals surface area (Å²) < 4.78 is 1.80. The molecular formula is C11H17N5O2S. The molecule has 0 spiro atoms. The molecule has 2 saturated carbocycles. The Labute approximate surface area is 115 Å². The van der Waals surface area contributed by atoms with E-state index in [4.69, 9.17) is 5.11 Å². The molecule has 0 bridgehead atoms. The first-order valence-electron chi connectivity index (χ1n) is 6.51. The highest BCUT2D eigenvalue weighted by atomic mass is 32.2. The smallest absolute Gasteiger partial charge is 0.230 e. The van der Waals surface area contributed by atoms with Crippen molar-refractivity contribution in [3.05, 3.63) is 0 Å². The van der Waals surface area contributed by atoms with Gasteiger partial charge in [0, 0.05) is 12.0 Å². The first kappa shape index (κ1) is 12.9. The third-order valence-corrected chi connectivity index (χ3v) is 4.57. The van der Waals surface area contributed by atoms with Crippen LogP contribution in [0.5, 0.6) is 0 Å². The molecule has 2 N–H and O–H groups in total. The summed E-state index contributed by atoms with van der Waals surface area (Å²) in [7, 11) is 0. The van der Waals surface area contributed by atoms with Crippen LogP contribution < -0.4 is 5.32 Å². The van der Waals surface area contributed by atoms with Gasteiger partial charge in [-0.15, -0.1) is 5.10 Å². The van der Waals surface area contributed by atoms with E-state index in [0.717, 1.165) is 25.7 Å². The topological polar surface area (TPSA) is 92.9 Å². The molecule has 2 aliphatic rings. The van der Waals surface area contributed by atoms with Gasteiger partial charge in [0.1, 0.15) is 0 Å². The van der Waals surface area contributed by atoms with E-state index in [-0.39, 0.29) is 17.9 Å². The Morgan fingerprint density at radius 2 is 2.32 bits per heavy atom. The minimum atomic E-state index is -0.0457. The lowest BCUT2D eigenvalue weighted by molar-refractivity contribution is -0.118. The second kappa shape index (κ2) is 5.09. The molecular weight excluding hydrogens is 266 g/mol. The van der Waals surface area contributed by atoms with Crippen molar-refractivity contribution in [2.24, 2.45) is 5.41 Å². The maximum atomic E-state index is 11.7. The Bertz CT molecular complexity index is 469. The van der Waals surface area contributed by atoms with E-state index >= 15 is 0 Å². The van der Waals surface area contributed by atoms with E-state index < -0.39 is 0 Å². The molecule has 0 unspecified atom stereocenters. The van der Waals surface area contributed by atoms with Crippen LogP contribution in [0.25, 0.3) is 0 Å². The molecule has 1 heterocycles. The lowest BCUT2D eigenvalue weighted by Gasteiger charge is -2.12. The zero-order valence-corrected chi connectivity index (χ0v) is 11.4. The summed E-state index contributed by atoms with van der Waals surface area (Å²) in [5.74, 6) is 0.282. The first-order valence-corrected chi connectivity index (χ1v) is 7.49. The monoisotopic (exact) mass is 283 g/mol. The highest BCUT2D eigenvalue weighted by molar-refractivity contribution is 7.99. The predicted octanol–water partition coefficient (Wildman–Crippen LogP) is -0.0112. The number of aliphatic hydroxyl groups is 1. The summed E-state index contributed by atoms with van der Waals surface area (Å²) in [6, 6.07) is 0.421. The summed E-state index contributed by atoms with van der Waals surface area (Å²) in [6.07, 6.45) is 4.22. The minimum absolute atomic E-state index is 0.0323. The molecule has 3 rings (SSSR count). The third-order valence-electron chi connectivity index (χ3n) is 3.64. The third kappa shape index (κ3) is 3.06. The largest absolute Gasteiger partial charge is 0.396 e. The molecule has 2 fully saturated rings. The fourth-order valence-corrected chi connectivity index (χ4v) is 2.64. The van der Waals surface area contributed by atoms with Crippen LogP contribution in [0.15, 0.2) is 5.16 Å². The molecule has 1 aromatic heterocycles. The highest BCUT2D eigenvalue weighted by Gasteiger charge is 2.42. The van der Waals surface area contributed by atoms with E-state index in [1.165, 1.54) is 11.8 Å². The number of nitrogens with one attached hydrogen (secondary N) is 1. The van der Waals surface area contributed by atoms with Crippen LogP contribution in [0, 0.1) is 5.41 Å². The van der Waals surface area contributed by atoms with Crippen LogP contribution >= 0.6 is 11.8 Å². The zero-order chi connectivity index (χ0) is 13.3. The van der Waals surface area contributed by atoms with Crippen molar-refractivity contribution in [1.29, 1.82) is 0 Å². The van der Waals surface area contributed by atoms with E-state index in [9.17, 15) is 4.79 Å². The number of aromatic nitrogens is 4. The van der Waals surface area contributed by atoms with Crippen molar-refractivity contribution in [2.45, 2.75) is 36.9 Å². The van der Waals surface area contributed by atoms with Crippen LogP contribution in [0.1, 0.15) is 31.7 Å². The number of hydrogen-bond donors (Lipinski definition) is 2. The van der Waals surface area contributed by atoms with Crippen molar-refractivity contribution >= 4 is 17.7 Å². The second-order valence-corrected chi connectivity index (χ2v) is 6.30. The molecule has 104 valence electrons. The number of nitrogens with zero attached hydrogens (tertiary/aromatic N) is 4. The molecule has 2 aliphatic carbocycles. The van der Waals surface area contributed by atoms with Crippen molar-refractivity contribution in [1.82, 2.24) is 25.5 Å². The van der Waals surface area contributed by atoms with E-state index in [1.54, 1.807) is 4.68 Å². The minimum Gasteiger partial charge on any atom is -0.396 e. The molecule has 7 nitrogen and oxygen atoms in total. The predicted molar refractivity (Wildman–Crippen MR) is 68.6 cm³/mol. The Balaban J connectivity index is 1.43.